The summed E-state index contributed by atoms with van der Waals surface area (Å²) in [5.41, 5.74) is 0.815. The zero-order valence-electron chi connectivity index (χ0n) is 16.0. The molecule has 6 nitrogen and oxygen atoms in total. The smallest absolute Gasteiger partial charge is 0.230 e. The first kappa shape index (κ1) is 18.7. The lowest BCUT2D eigenvalue weighted by Gasteiger charge is -2.22. The lowest BCUT2D eigenvalue weighted by Crippen LogP contribution is -2.36. The van der Waals surface area contributed by atoms with Gasteiger partial charge in [0.1, 0.15) is 17.3 Å². The van der Waals surface area contributed by atoms with Gasteiger partial charge in [-0.25, -0.2) is 0 Å². The van der Waals surface area contributed by atoms with E-state index in [2.05, 4.69) is 23.0 Å². The van der Waals surface area contributed by atoms with Crippen molar-refractivity contribution in [3.63, 3.8) is 0 Å². The molecule has 1 amide bonds. The molecule has 0 saturated carbocycles. The topological polar surface area (TPSA) is 62.7 Å². The molecule has 26 heavy (non-hydrogen) atoms. The van der Waals surface area contributed by atoms with Gasteiger partial charge >= 0.3 is 0 Å². The number of amides is 1. The van der Waals surface area contributed by atoms with Gasteiger partial charge in [-0.2, -0.15) is 0 Å². The van der Waals surface area contributed by atoms with Crippen molar-refractivity contribution in [3.05, 3.63) is 41.2 Å². The molecular weight excluding hydrogens is 330 g/mol. The van der Waals surface area contributed by atoms with Gasteiger partial charge in [-0.15, -0.1) is 0 Å². The van der Waals surface area contributed by atoms with Crippen LogP contribution in [0.2, 0.25) is 0 Å². The Morgan fingerprint density at radius 1 is 1.23 bits per heavy atom. The SMILES string of the molecule is Cc1cc(CC(=O)N2CCCN(CCC(C)c3ccc(C)o3)CC2)on1. The standard InChI is InChI=1S/C20H29N3O3/c1-15(19-6-5-17(3)25-19)7-10-22-8-4-9-23(12-11-22)20(24)14-18-13-16(2)21-26-18/h5-6,13,15H,4,7-12,14H2,1-3H3. The van der Waals surface area contributed by atoms with Crippen LogP contribution >= 0.6 is 0 Å². The van der Waals surface area contributed by atoms with Crippen molar-refractivity contribution in [1.29, 1.82) is 0 Å². The summed E-state index contributed by atoms with van der Waals surface area (Å²) in [5, 5.41) is 3.85. The number of aryl methyl sites for hydroxylation is 2. The molecule has 6 heteroatoms. The third-order valence-corrected chi connectivity index (χ3v) is 5.07. The van der Waals surface area contributed by atoms with Crippen molar-refractivity contribution < 1.29 is 13.7 Å². The molecule has 0 aliphatic carbocycles. The summed E-state index contributed by atoms with van der Waals surface area (Å²) in [6.07, 6.45) is 2.38. The van der Waals surface area contributed by atoms with E-state index >= 15 is 0 Å². The summed E-state index contributed by atoms with van der Waals surface area (Å²) in [5.74, 6) is 3.23. The number of hydrogen-bond acceptors (Lipinski definition) is 5. The van der Waals surface area contributed by atoms with Crippen LogP contribution in [-0.2, 0) is 11.2 Å². The molecule has 3 rings (SSSR count). The van der Waals surface area contributed by atoms with E-state index in [0.29, 0.717) is 18.1 Å². The maximum Gasteiger partial charge on any atom is 0.230 e. The highest BCUT2D eigenvalue weighted by atomic mass is 16.5. The molecular formula is C20H29N3O3. The van der Waals surface area contributed by atoms with Gasteiger partial charge in [0.2, 0.25) is 5.91 Å². The van der Waals surface area contributed by atoms with Crippen molar-refractivity contribution >= 4 is 5.91 Å². The first-order chi connectivity index (χ1) is 12.5. The van der Waals surface area contributed by atoms with Crippen LogP contribution in [0, 0.1) is 13.8 Å². The van der Waals surface area contributed by atoms with Crippen molar-refractivity contribution in [2.24, 2.45) is 0 Å². The zero-order chi connectivity index (χ0) is 18.5. The monoisotopic (exact) mass is 359 g/mol. The van der Waals surface area contributed by atoms with E-state index in [0.717, 1.165) is 62.8 Å². The van der Waals surface area contributed by atoms with Crippen LogP contribution in [0.15, 0.2) is 27.1 Å². The fourth-order valence-electron chi connectivity index (χ4n) is 3.44. The van der Waals surface area contributed by atoms with Gasteiger partial charge in [0, 0.05) is 31.6 Å². The van der Waals surface area contributed by atoms with Crippen molar-refractivity contribution in [1.82, 2.24) is 15.0 Å². The molecule has 0 N–H and O–H groups in total. The molecule has 0 radical (unpaired) electrons. The fraction of sp³-hybridized carbons (Fsp3) is 0.600. The molecule has 0 aromatic carbocycles. The first-order valence-electron chi connectivity index (χ1n) is 9.50. The van der Waals surface area contributed by atoms with Crippen LogP contribution in [0.3, 0.4) is 0 Å². The Morgan fingerprint density at radius 2 is 2.08 bits per heavy atom. The van der Waals surface area contributed by atoms with Gasteiger partial charge in [0.15, 0.2) is 0 Å². The van der Waals surface area contributed by atoms with Crippen LogP contribution in [0.25, 0.3) is 0 Å². The van der Waals surface area contributed by atoms with Gasteiger partial charge in [0.05, 0.1) is 12.1 Å². The summed E-state index contributed by atoms with van der Waals surface area (Å²) in [6.45, 7) is 10.6. The molecule has 2 aromatic rings. The van der Waals surface area contributed by atoms with Gasteiger partial charge in [-0.3, -0.25) is 4.79 Å². The number of aromatic nitrogens is 1. The van der Waals surface area contributed by atoms with E-state index in [9.17, 15) is 4.79 Å². The minimum atomic E-state index is 0.127. The highest BCUT2D eigenvalue weighted by molar-refractivity contribution is 5.78. The number of nitrogens with zero attached hydrogens (tertiary/aromatic N) is 3. The molecule has 1 aliphatic heterocycles. The Bertz CT molecular complexity index is 721. The second kappa shape index (κ2) is 8.54. The average molecular weight is 359 g/mol. The number of furan rings is 1. The van der Waals surface area contributed by atoms with Gasteiger partial charge < -0.3 is 18.7 Å². The maximum absolute atomic E-state index is 12.5. The number of carbonyl (C=O) groups is 1. The molecule has 1 saturated heterocycles. The summed E-state index contributed by atoms with van der Waals surface area (Å²) < 4.78 is 10.9. The maximum atomic E-state index is 12.5. The van der Waals surface area contributed by atoms with E-state index in [-0.39, 0.29) is 5.91 Å². The summed E-state index contributed by atoms with van der Waals surface area (Å²) in [6, 6.07) is 5.94. The molecule has 1 aliphatic rings. The van der Waals surface area contributed by atoms with Crippen LogP contribution < -0.4 is 0 Å². The predicted octanol–water partition coefficient (Wildman–Crippen LogP) is 3.16. The average Bonchev–Trinajstić information content (AvgIpc) is 3.14. The molecule has 142 valence electrons. The van der Waals surface area contributed by atoms with E-state index < -0.39 is 0 Å². The van der Waals surface area contributed by atoms with E-state index in [4.69, 9.17) is 8.94 Å². The lowest BCUT2D eigenvalue weighted by molar-refractivity contribution is -0.130. The molecule has 3 heterocycles. The zero-order valence-corrected chi connectivity index (χ0v) is 16.0. The number of rotatable bonds is 6. The third kappa shape index (κ3) is 4.97. The normalized spacial score (nSPS) is 17.3. The third-order valence-electron chi connectivity index (χ3n) is 5.07. The van der Waals surface area contributed by atoms with Crippen molar-refractivity contribution in [2.45, 2.75) is 46.0 Å². The Morgan fingerprint density at radius 3 is 2.77 bits per heavy atom. The number of hydrogen-bond donors (Lipinski definition) is 0. The Labute approximate surface area is 155 Å². The molecule has 1 unspecified atom stereocenters. The van der Waals surface area contributed by atoms with Crippen molar-refractivity contribution in [2.75, 3.05) is 32.7 Å². The Balaban J connectivity index is 1.44. The number of carbonyl (C=O) groups excluding carboxylic acids is 1. The Kier molecular flexibility index (Phi) is 6.14. The highest BCUT2D eigenvalue weighted by Crippen LogP contribution is 2.22. The van der Waals surface area contributed by atoms with Gasteiger partial charge in [-0.05, 0) is 51.9 Å². The lowest BCUT2D eigenvalue weighted by atomic mass is 10.0. The second-order valence-corrected chi connectivity index (χ2v) is 7.33. The summed E-state index contributed by atoms with van der Waals surface area (Å²) in [4.78, 5) is 16.9. The van der Waals surface area contributed by atoms with Gasteiger partial charge in [-0.1, -0.05) is 12.1 Å². The van der Waals surface area contributed by atoms with Crippen LogP contribution in [-0.4, -0.2) is 53.6 Å². The minimum absolute atomic E-state index is 0.127. The largest absolute Gasteiger partial charge is 0.466 e. The molecule has 1 fully saturated rings. The van der Waals surface area contributed by atoms with E-state index in [1.54, 1.807) is 0 Å². The van der Waals surface area contributed by atoms with E-state index in [1.165, 1.54) is 0 Å². The van der Waals surface area contributed by atoms with Crippen molar-refractivity contribution in [3.8, 4) is 0 Å². The van der Waals surface area contributed by atoms with Crippen LogP contribution in [0.4, 0.5) is 0 Å². The first-order valence-corrected chi connectivity index (χ1v) is 9.50. The Hall–Kier alpha value is -2.08. The minimum Gasteiger partial charge on any atom is -0.466 e. The predicted molar refractivity (Wildman–Crippen MR) is 99.1 cm³/mol. The van der Waals surface area contributed by atoms with Crippen LogP contribution in [0.5, 0.6) is 0 Å². The summed E-state index contributed by atoms with van der Waals surface area (Å²) in [7, 11) is 0. The molecule has 2 aromatic heterocycles. The van der Waals surface area contributed by atoms with Gasteiger partial charge in [0.25, 0.3) is 0 Å². The van der Waals surface area contributed by atoms with Crippen LogP contribution in [0.1, 0.15) is 48.7 Å². The second-order valence-electron chi connectivity index (χ2n) is 7.33. The van der Waals surface area contributed by atoms with E-state index in [1.807, 2.05) is 30.9 Å². The summed E-state index contributed by atoms with van der Waals surface area (Å²) >= 11 is 0. The highest BCUT2D eigenvalue weighted by Gasteiger charge is 2.21. The fourth-order valence-corrected chi connectivity index (χ4v) is 3.44. The quantitative estimate of drug-likeness (QED) is 0.793. The molecule has 1 atom stereocenters. The molecule has 0 spiro atoms. The molecule has 0 bridgehead atoms.